The third kappa shape index (κ3) is 4.50. The summed E-state index contributed by atoms with van der Waals surface area (Å²) in [6.07, 6.45) is 5.85. The third-order valence-electron chi connectivity index (χ3n) is 6.45. The van der Waals surface area contributed by atoms with Crippen molar-refractivity contribution in [3.8, 4) is 0 Å². The molecule has 2 aliphatic rings. The predicted octanol–water partition coefficient (Wildman–Crippen LogP) is 3.85. The van der Waals surface area contributed by atoms with Gasteiger partial charge in [0.1, 0.15) is 5.52 Å². The Bertz CT molecular complexity index is 1150. The first-order valence-electron chi connectivity index (χ1n) is 11.1. The summed E-state index contributed by atoms with van der Waals surface area (Å²) in [4.78, 5) is 22.9. The van der Waals surface area contributed by atoms with Crippen molar-refractivity contribution in [2.75, 3.05) is 31.6 Å². The highest BCUT2D eigenvalue weighted by Crippen LogP contribution is 2.28. The van der Waals surface area contributed by atoms with Crippen LogP contribution in [0, 0.1) is 0 Å². The lowest BCUT2D eigenvalue weighted by Crippen LogP contribution is -2.44. The molecule has 170 valence electrons. The van der Waals surface area contributed by atoms with Crippen molar-refractivity contribution in [1.82, 2.24) is 24.6 Å². The number of piperidine rings is 1. The predicted molar refractivity (Wildman–Crippen MR) is 126 cm³/mol. The molecule has 2 aromatic heterocycles. The summed E-state index contributed by atoms with van der Waals surface area (Å²) in [6, 6.07) is 6.24. The number of aromatic amines is 1. The molecule has 1 aromatic carbocycles. The van der Waals surface area contributed by atoms with Crippen LogP contribution in [0.25, 0.3) is 11.0 Å². The number of H-pyrrole nitrogens is 1. The van der Waals surface area contributed by atoms with E-state index in [1.54, 1.807) is 18.3 Å². The molecule has 0 bridgehead atoms. The highest BCUT2D eigenvalue weighted by atomic mass is 35.5. The van der Waals surface area contributed by atoms with Crippen LogP contribution in [-0.4, -0.2) is 57.0 Å². The zero-order valence-electron chi connectivity index (χ0n) is 17.7. The second-order valence-electron chi connectivity index (χ2n) is 8.45. The Balaban J connectivity index is 1.28. The number of halogens is 2. The largest absolute Gasteiger partial charge is 0.381 e. The van der Waals surface area contributed by atoms with Gasteiger partial charge in [0.25, 0.3) is 5.56 Å². The first-order chi connectivity index (χ1) is 15.6. The summed E-state index contributed by atoms with van der Waals surface area (Å²) in [5, 5.41) is 8.68. The average Bonchev–Trinajstić information content (AvgIpc) is 3.25. The second kappa shape index (κ2) is 9.39. The highest BCUT2D eigenvalue weighted by Gasteiger charge is 2.28. The molecule has 0 aliphatic carbocycles. The minimum absolute atomic E-state index is 0.184. The summed E-state index contributed by atoms with van der Waals surface area (Å²) in [7, 11) is 0. The van der Waals surface area contributed by atoms with Crippen LogP contribution in [-0.2, 0) is 11.3 Å². The summed E-state index contributed by atoms with van der Waals surface area (Å²) in [6.45, 7) is 4.22. The number of aromatic nitrogens is 4. The topological polar surface area (TPSA) is 88.1 Å². The van der Waals surface area contributed by atoms with Gasteiger partial charge < -0.3 is 15.0 Å². The van der Waals surface area contributed by atoms with Gasteiger partial charge >= 0.3 is 0 Å². The monoisotopic (exact) mass is 476 g/mol. The maximum absolute atomic E-state index is 12.9. The van der Waals surface area contributed by atoms with Gasteiger partial charge in [-0.1, -0.05) is 29.3 Å². The molecule has 0 radical (unpaired) electrons. The van der Waals surface area contributed by atoms with Crippen molar-refractivity contribution in [3.05, 3.63) is 50.4 Å². The molecule has 2 fully saturated rings. The molecule has 3 aromatic rings. The molecule has 2 aliphatic heterocycles. The van der Waals surface area contributed by atoms with E-state index in [1.807, 2.05) is 10.7 Å². The molecule has 32 heavy (non-hydrogen) atoms. The number of anilines is 1. The maximum atomic E-state index is 12.9. The van der Waals surface area contributed by atoms with E-state index in [0.29, 0.717) is 39.6 Å². The molecule has 0 unspecified atom stereocenters. The minimum Gasteiger partial charge on any atom is -0.381 e. The summed E-state index contributed by atoms with van der Waals surface area (Å²) in [5.74, 6) is 0.405. The third-order valence-corrected chi connectivity index (χ3v) is 7.19. The van der Waals surface area contributed by atoms with Crippen molar-refractivity contribution < 1.29 is 4.74 Å². The fourth-order valence-corrected chi connectivity index (χ4v) is 5.03. The van der Waals surface area contributed by atoms with E-state index >= 15 is 0 Å². The summed E-state index contributed by atoms with van der Waals surface area (Å²) in [5.41, 5.74) is 1.89. The molecule has 0 spiro atoms. The van der Waals surface area contributed by atoms with Crippen LogP contribution in [0.5, 0.6) is 0 Å². The molecule has 2 N–H and O–H groups in total. The van der Waals surface area contributed by atoms with E-state index in [4.69, 9.17) is 27.9 Å². The van der Waals surface area contributed by atoms with E-state index in [0.717, 1.165) is 57.6 Å². The van der Waals surface area contributed by atoms with E-state index < -0.39 is 0 Å². The van der Waals surface area contributed by atoms with Crippen molar-refractivity contribution >= 4 is 40.2 Å². The van der Waals surface area contributed by atoms with Crippen molar-refractivity contribution in [1.29, 1.82) is 0 Å². The normalized spacial score (nSPS) is 18.9. The number of nitrogens with zero attached hydrogens (tertiary/aromatic N) is 4. The lowest BCUT2D eigenvalue weighted by Gasteiger charge is -2.39. The molecule has 8 nitrogen and oxygen atoms in total. The number of ether oxygens (including phenoxy) is 1. The number of nitrogens with one attached hydrogen (secondary N) is 2. The van der Waals surface area contributed by atoms with Crippen molar-refractivity contribution in [2.24, 2.45) is 0 Å². The fraction of sp³-hybridized carbons (Fsp3) is 0.500. The molecular weight excluding hydrogens is 451 g/mol. The number of rotatable bonds is 5. The molecular formula is C22H26Cl2N6O2. The molecule has 10 heteroatoms. The number of benzene rings is 1. The Morgan fingerprint density at radius 2 is 1.88 bits per heavy atom. The van der Waals surface area contributed by atoms with Gasteiger partial charge in [-0.05, 0) is 43.4 Å². The van der Waals surface area contributed by atoms with Gasteiger partial charge in [-0.2, -0.15) is 5.10 Å². The lowest BCUT2D eigenvalue weighted by molar-refractivity contribution is 0.0215. The van der Waals surface area contributed by atoms with E-state index in [1.165, 1.54) is 0 Å². The first-order valence-corrected chi connectivity index (χ1v) is 11.8. The Kier molecular flexibility index (Phi) is 6.37. The van der Waals surface area contributed by atoms with Crippen molar-refractivity contribution in [2.45, 2.75) is 44.3 Å². The highest BCUT2D eigenvalue weighted by molar-refractivity contribution is 6.42. The van der Waals surface area contributed by atoms with Crippen LogP contribution in [0.15, 0.2) is 29.2 Å². The average molecular weight is 477 g/mol. The van der Waals surface area contributed by atoms with Gasteiger partial charge in [0.05, 0.1) is 22.3 Å². The van der Waals surface area contributed by atoms with E-state index in [2.05, 4.69) is 25.3 Å². The fourth-order valence-electron chi connectivity index (χ4n) is 4.71. The zero-order valence-corrected chi connectivity index (χ0v) is 19.2. The van der Waals surface area contributed by atoms with Crippen LogP contribution < -0.4 is 10.9 Å². The number of likely N-dealkylation sites (tertiary alicyclic amines) is 1. The Labute approximate surface area is 195 Å². The Morgan fingerprint density at radius 3 is 2.62 bits per heavy atom. The smallest absolute Gasteiger partial charge is 0.278 e. The van der Waals surface area contributed by atoms with Crippen LogP contribution in [0.1, 0.15) is 37.3 Å². The summed E-state index contributed by atoms with van der Waals surface area (Å²) < 4.78 is 7.36. The van der Waals surface area contributed by atoms with Gasteiger partial charge in [-0.15, -0.1) is 0 Å². The Morgan fingerprint density at radius 1 is 1.09 bits per heavy atom. The van der Waals surface area contributed by atoms with Gasteiger partial charge in [-0.3, -0.25) is 14.5 Å². The van der Waals surface area contributed by atoms with E-state index in [9.17, 15) is 4.79 Å². The molecule has 5 rings (SSSR count). The minimum atomic E-state index is -0.184. The molecule has 0 amide bonds. The van der Waals surface area contributed by atoms with Gasteiger partial charge in [0, 0.05) is 38.9 Å². The number of fused-ring (bicyclic) bond motifs is 1. The van der Waals surface area contributed by atoms with Crippen LogP contribution in [0.2, 0.25) is 10.0 Å². The molecule has 2 saturated heterocycles. The SMILES string of the molecule is O=c1[nH]c(NCc2ccc(Cl)c(Cl)c2)nc2cnn(C3CCN(C4CCOCC4)CC3)c12. The molecule has 0 saturated carbocycles. The lowest BCUT2D eigenvalue weighted by atomic mass is 10.00. The quantitative estimate of drug-likeness (QED) is 0.581. The Hall–Kier alpha value is -2.13. The summed E-state index contributed by atoms with van der Waals surface area (Å²) >= 11 is 12.0. The molecule has 0 atom stereocenters. The van der Waals surface area contributed by atoms with Crippen molar-refractivity contribution in [3.63, 3.8) is 0 Å². The van der Waals surface area contributed by atoms with Gasteiger partial charge in [0.15, 0.2) is 5.52 Å². The standard InChI is InChI=1S/C22H26Cl2N6O2/c23-17-2-1-14(11-18(17)24)12-25-22-27-19-13-26-30(20(19)21(31)28-22)16-3-7-29(8-4-16)15-5-9-32-10-6-15/h1-2,11,13,15-16H,3-10,12H2,(H2,25,27,28,31). The van der Waals surface area contributed by atoms with Crippen LogP contribution in [0.3, 0.4) is 0 Å². The van der Waals surface area contributed by atoms with Crippen LogP contribution >= 0.6 is 23.2 Å². The van der Waals surface area contributed by atoms with E-state index in [-0.39, 0.29) is 11.6 Å². The first kappa shape index (κ1) is 21.7. The van der Waals surface area contributed by atoms with Crippen LogP contribution in [0.4, 0.5) is 5.95 Å². The second-order valence-corrected chi connectivity index (χ2v) is 9.26. The zero-order chi connectivity index (χ0) is 22.1. The molecule has 4 heterocycles. The van der Waals surface area contributed by atoms with Gasteiger partial charge in [0.2, 0.25) is 5.95 Å². The maximum Gasteiger partial charge on any atom is 0.278 e. The number of hydrogen-bond donors (Lipinski definition) is 2. The number of hydrogen-bond acceptors (Lipinski definition) is 6. The van der Waals surface area contributed by atoms with Gasteiger partial charge in [-0.25, -0.2) is 4.98 Å².